The van der Waals surface area contributed by atoms with Gasteiger partial charge in [0.05, 0.1) is 5.02 Å². The number of nitrogens with zero attached hydrogens (tertiary/aromatic N) is 1. The van der Waals surface area contributed by atoms with Crippen molar-refractivity contribution in [2.75, 3.05) is 0 Å². The number of phenols is 1. The van der Waals surface area contributed by atoms with Gasteiger partial charge in [-0.3, -0.25) is 4.79 Å². The van der Waals surface area contributed by atoms with E-state index in [9.17, 15) is 9.90 Å². The first kappa shape index (κ1) is 13.2. The van der Waals surface area contributed by atoms with Gasteiger partial charge in [0.2, 0.25) is 0 Å². The first-order chi connectivity index (χ1) is 8.54. The number of carbonyl (C=O) groups is 1. The molecule has 0 aromatic heterocycles. The average Bonchev–Trinajstić information content (AvgIpc) is 2.73. The van der Waals surface area contributed by atoms with Crippen LogP contribution in [-0.2, 0) is 0 Å². The highest BCUT2D eigenvalue weighted by Gasteiger charge is 2.33. The monoisotopic (exact) mass is 267 g/mol. The molecule has 0 aliphatic carbocycles. The number of halogens is 1. The molecule has 2 rings (SSSR count). The van der Waals surface area contributed by atoms with E-state index in [-0.39, 0.29) is 22.7 Å². The van der Waals surface area contributed by atoms with Crippen molar-refractivity contribution in [3.63, 3.8) is 0 Å². The van der Waals surface area contributed by atoms with Crippen LogP contribution < -0.4 is 0 Å². The van der Waals surface area contributed by atoms with Crippen LogP contribution in [0.2, 0.25) is 5.02 Å². The van der Waals surface area contributed by atoms with E-state index in [2.05, 4.69) is 13.8 Å². The molecular formula is C14H18ClNO2. The van der Waals surface area contributed by atoms with Crippen molar-refractivity contribution < 1.29 is 9.90 Å². The van der Waals surface area contributed by atoms with Crippen LogP contribution in [0.15, 0.2) is 18.2 Å². The summed E-state index contributed by atoms with van der Waals surface area (Å²) in [4.78, 5) is 14.4. The van der Waals surface area contributed by atoms with Crippen molar-refractivity contribution in [1.82, 2.24) is 4.90 Å². The second kappa shape index (κ2) is 5.19. The number of aromatic hydroxyl groups is 1. The molecule has 1 aromatic carbocycles. The van der Waals surface area contributed by atoms with Gasteiger partial charge in [-0.05, 0) is 44.4 Å². The van der Waals surface area contributed by atoms with Crippen molar-refractivity contribution in [2.24, 2.45) is 0 Å². The largest absolute Gasteiger partial charge is 0.506 e. The summed E-state index contributed by atoms with van der Waals surface area (Å²) in [5.74, 6) is 0.0171. The Morgan fingerprint density at radius 1 is 1.50 bits per heavy atom. The fourth-order valence-electron chi connectivity index (χ4n) is 2.63. The van der Waals surface area contributed by atoms with Crippen molar-refractivity contribution >= 4 is 17.5 Å². The summed E-state index contributed by atoms with van der Waals surface area (Å²) in [5, 5.41) is 9.61. The van der Waals surface area contributed by atoms with Gasteiger partial charge in [-0.2, -0.15) is 0 Å². The van der Waals surface area contributed by atoms with Gasteiger partial charge in [0.15, 0.2) is 0 Å². The maximum atomic E-state index is 12.5. The Hall–Kier alpha value is -1.22. The van der Waals surface area contributed by atoms with E-state index in [4.69, 9.17) is 11.6 Å². The zero-order chi connectivity index (χ0) is 13.3. The number of carbonyl (C=O) groups excluding carboxylic acids is 1. The molecule has 2 atom stereocenters. The molecule has 98 valence electrons. The zero-order valence-electron chi connectivity index (χ0n) is 10.7. The summed E-state index contributed by atoms with van der Waals surface area (Å²) in [6, 6.07) is 5.23. The third-order valence-electron chi connectivity index (χ3n) is 3.69. The SMILES string of the molecule is CCC1CCC(C)N1C(=O)c1ccc(O)c(Cl)c1. The Bertz CT molecular complexity index is 461. The summed E-state index contributed by atoms with van der Waals surface area (Å²) < 4.78 is 0. The van der Waals surface area contributed by atoms with Crippen molar-refractivity contribution in [2.45, 2.75) is 45.2 Å². The first-order valence-corrected chi connectivity index (χ1v) is 6.73. The lowest BCUT2D eigenvalue weighted by atomic mass is 10.1. The summed E-state index contributed by atoms with van der Waals surface area (Å²) in [6.45, 7) is 4.18. The normalized spacial score (nSPS) is 23.4. The summed E-state index contributed by atoms with van der Waals surface area (Å²) in [5.41, 5.74) is 0.546. The van der Waals surface area contributed by atoms with E-state index >= 15 is 0 Å². The van der Waals surface area contributed by atoms with Gasteiger partial charge in [0, 0.05) is 17.6 Å². The average molecular weight is 268 g/mol. The Morgan fingerprint density at radius 2 is 2.22 bits per heavy atom. The number of amides is 1. The van der Waals surface area contributed by atoms with Crippen LogP contribution in [-0.4, -0.2) is 28.0 Å². The van der Waals surface area contributed by atoms with Gasteiger partial charge in [-0.1, -0.05) is 18.5 Å². The number of benzene rings is 1. The maximum absolute atomic E-state index is 12.5. The minimum Gasteiger partial charge on any atom is -0.506 e. The highest BCUT2D eigenvalue weighted by Crippen LogP contribution is 2.30. The molecule has 3 nitrogen and oxygen atoms in total. The standard InChI is InChI=1S/C14H18ClNO2/c1-3-11-6-4-9(2)16(11)14(18)10-5-7-13(17)12(15)8-10/h5,7-9,11,17H,3-4,6H2,1-2H3. The number of hydrogen-bond acceptors (Lipinski definition) is 2. The minimum atomic E-state index is 0.00810. The molecule has 4 heteroatoms. The second-order valence-corrected chi connectivity index (χ2v) is 5.27. The number of rotatable bonds is 2. The predicted octanol–water partition coefficient (Wildman–Crippen LogP) is 3.45. The Balaban J connectivity index is 2.27. The van der Waals surface area contributed by atoms with E-state index in [1.54, 1.807) is 6.07 Å². The van der Waals surface area contributed by atoms with Gasteiger partial charge in [0.1, 0.15) is 5.75 Å². The van der Waals surface area contributed by atoms with E-state index in [0.717, 1.165) is 19.3 Å². The third kappa shape index (κ3) is 2.32. The zero-order valence-corrected chi connectivity index (χ0v) is 11.4. The fourth-order valence-corrected chi connectivity index (χ4v) is 2.81. The van der Waals surface area contributed by atoms with Crippen LogP contribution in [0.3, 0.4) is 0 Å². The van der Waals surface area contributed by atoms with Crippen LogP contribution in [0.25, 0.3) is 0 Å². The lowest BCUT2D eigenvalue weighted by molar-refractivity contribution is 0.0676. The van der Waals surface area contributed by atoms with Crippen LogP contribution in [0.1, 0.15) is 43.5 Å². The van der Waals surface area contributed by atoms with Crippen LogP contribution in [0.5, 0.6) is 5.75 Å². The molecule has 1 aliphatic rings. The van der Waals surface area contributed by atoms with E-state index < -0.39 is 0 Å². The van der Waals surface area contributed by atoms with Crippen molar-refractivity contribution in [3.8, 4) is 5.75 Å². The Kier molecular flexibility index (Phi) is 3.81. The lowest BCUT2D eigenvalue weighted by Gasteiger charge is -2.28. The van der Waals surface area contributed by atoms with E-state index in [1.165, 1.54) is 12.1 Å². The smallest absolute Gasteiger partial charge is 0.254 e. The fraction of sp³-hybridized carbons (Fsp3) is 0.500. The van der Waals surface area contributed by atoms with Gasteiger partial charge < -0.3 is 10.0 Å². The maximum Gasteiger partial charge on any atom is 0.254 e. The van der Waals surface area contributed by atoms with E-state index in [1.807, 2.05) is 4.90 Å². The van der Waals surface area contributed by atoms with Crippen molar-refractivity contribution in [3.05, 3.63) is 28.8 Å². The van der Waals surface area contributed by atoms with Gasteiger partial charge in [-0.25, -0.2) is 0 Å². The highest BCUT2D eigenvalue weighted by atomic mass is 35.5. The summed E-state index contributed by atoms with van der Waals surface area (Å²) in [6.07, 6.45) is 3.09. The summed E-state index contributed by atoms with van der Waals surface area (Å²) in [7, 11) is 0. The molecule has 1 fully saturated rings. The molecule has 1 amide bonds. The topological polar surface area (TPSA) is 40.5 Å². The molecule has 0 saturated carbocycles. The molecule has 0 radical (unpaired) electrons. The van der Waals surface area contributed by atoms with Crippen LogP contribution >= 0.6 is 11.6 Å². The van der Waals surface area contributed by atoms with Gasteiger partial charge in [-0.15, -0.1) is 0 Å². The second-order valence-electron chi connectivity index (χ2n) is 4.87. The van der Waals surface area contributed by atoms with Crippen LogP contribution in [0.4, 0.5) is 0 Å². The number of hydrogen-bond donors (Lipinski definition) is 1. The quantitative estimate of drug-likeness (QED) is 0.892. The lowest BCUT2D eigenvalue weighted by Crippen LogP contribution is -2.39. The first-order valence-electron chi connectivity index (χ1n) is 6.35. The summed E-state index contributed by atoms with van der Waals surface area (Å²) >= 11 is 5.85. The highest BCUT2D eigenvalue weighted by molar-refractivity contribution is 6.32. The van der Waals surface area contributed by atoms with Gasteiger partial charge in [0.25, 0.3) is 5.91 Å². The van der Waals surface area contributed by atoms with Crippen molar-refractivity contribution in [1.29, 1.82) is 0 Å². The number of likely N-dealkylation sites (tertiary alicyclic amines) is 1. The van der Waals surface area contributed by atoms with Crippen LogP contribution in [0, 0.1) is 0 Å². The molecule has 1 aromatic rings. The Labute approximate surface area is 112 Å². The molecule has 1 aliphatic heterocycles. The molecule has 2 unspecified atom stereocenters. The number of phenolic OH excluding ortho intramolecular Hbond substituents is 1. The molecule has 0 bridgehead atoms. The minimum absolute atomic E-state index is 0.00810. The van der Waals surface area contributed by atoms with Gasteiger partial charge >= 0.3 is 0 Å². The third-order valence-corrected chi connectivity index (χ3v) is 3.99. The molecule has 1 N–H and O–H groups in total. The molecular weight excluding hydrogens is 250 g/mol. The van der Waals surface area contributed by atoms with E-state index in [0.29, 0.717) is 11.6 Å². The molecule has 0 spiro atoms. The molecule has 1 heterocycles. The Morgan fingerprint density at radius 3 is 2.83 bits per heavy atom. The molecule has 1 saturated heterocycles. The predicted molar refractivity (Wildman–Crippen MR) is 72.1 cm³/mol. The molecule has 18 heavy (non-hydrogen) atoms.